The standard InChI is InChI=1S/C23H24N4O3/c1-23(2,3)30-22(28)27(4)14-15-6-8-16(9-7-15)21-17(11-24)12-25-19-13-26-20(29-5)10-18(19)21/h6-10,12-13H,14H2,1-5H3. The molecule has 0 bridgehead atoms. The van der Waals surface area contributed by atoms with E-state index in [1.807, 2.05) is 45.0 Å². The number of hydrogen-bond donors (Lipinski definition) is 0. The number of ether oxygens (including phenoxy) is 2. The number of carbonyl (C=O) groups excluding carboxylic acids is 1. The summed E-state index contributed by atoms with van der Waals surface area (Å²) in [6, 6.07) is 11.7. The lowest BCUT2D eigenvalue weighted by molar-refractivity contribution is 0.0285. The van der Waals surface area contributed by atoms with Crippen LogP contribution in [0.3, 0.4) is 0 Å². The number of amides is 1. The Bertz CT molecular complexity index is 1110. The molecule has 1 amide bonds. The average molecular weight is 404 g/mol. The summed E-state index contributed by atoms with van der Waals surface area (Å²) in [4.78, 5) is 22.2. The van der Waals surface area contributed by atoms with Gasteiger partial charge in [-0.2, -0.15) is 5.26 Å². The van der Waals surface area contributed by atoms with Crippen LogP contribution in [0.1, 0.15) is 31.9 Å². The molecule has 0 radical (unpaired) electrons. The van der Waals surface area contributed by atoms with E-state index in [2.05, 4.69) is 16.0 Å². The summed E-state index contributed by atoms with van der Waals surface area (Å²) in [7, 11) is 3.25. The number of hydrogen-bond acceptors (Lipinski definition) is 6. The topological polar surface area (TPSA) is 88.3 Å². The minimum Gasteiger partial charge on any atom is -0.481 e. The van der Waals surface area contributed by atoms with Crippen molar-refractivity contribution in [2.75, 3.05) is 14.2 Å². The van der Waals surface area contributed by atoms with E-state index in [0.29, 0.717) is 23.5 Å². The molecule has 7 nitrogen and oxygen atoms in total. The lowest BCUT2D eigenvalue weighted by Crippen LogP contribution is -2.33. The quantitative estimate of drug-likeness (QED) is 0.634. The van der Waals surface area contributed by atoms with Gasteiger partial charge in [0.05, 0.1) is 24.4 Å². The summed E-state index contributed by atoms with van der Waals surface area (Å²) >= 11 is 0. The highest BCUT2D eigenvalue weighted by molar-refractivity contribution is 5.97. The van der Waals surface area contributed by atoms with Crippen molar-refractivity contribution in [2.24, 2.45) is 0 Å². The van der Waals surface area contributed by atoms with Crippen LogP contribution in [0.2, 0.25) is 0 Å². The average Bonchev–Trinajstić information content (AvgIpc) is 2.71. The molecule has 7 heteroatoms. The monoisotopic (exact) mass is 404 g/mol. The lowest BCUT2D eigenvalue weighted by atomic mass is 9.96. The summed E-state index contributed by atoms with van der Waals surface area (Å²) in [6.45, 7) is 5.92. The van der Waals surface area contributed by atoms with Crippen LogP contribution in [0.4, 0.5) is 4.79 Å². The highest BCUT2D eigenvalue weighted by Crippen LogP contribution is 2.32. The van der Waals surface area contributed by atoms with Gasteiger partial charge in [0.25, 0.3) is 0 Å². The minimum atomic E-state index is -0.540. The second-order valence-corrected chi connectivity index (χ2v) is 7.94. The zero-order chi connectivity index (χ0) is 21.9. The SMILES string of the molecule is COc1cc2c(-c3ccc(CN(C)C(=O)OC(C)(C)C)cc3)c(C#N)cnc2cn1. The number of pyridine rings is 2. The van der Waals surface area contributed by atoms with E-state index in [1.165, 1.54) is 4.90 Å². The van der Waals surface area contributed by atoms with Crippen LogP contribution in [-0.4, -0.2) is 40.7 Å². The smallest absolute Gasteiger partial charge is 0.410 e. The second-order valence-electron chi connectivity index (χ2n) is 7.94. The zero-order valence-electron chi connectivity index (χ0n) is 17.8. The molecule has 3 rings (SSSR count). The van der Waals surface area contributed by atoms with Crippen LogP contribution in [0.5, 0.6) is 5.88 Å². The summed E-state index contributed by atoms with van der Waals surface area (Å²) in [6.07, 6.45) is 2.80. The Morgan fingerprint density at radius 2 is 1.87 bits per heavy atom. The normalized spacial score (nSPS) is 11.1. The molecule has 0 fully saturated rings. The number of fused-ring (bicyclic) bond motifs is 1. The van der Waals surface area contributed by atoms with Crippen molar-refractivity contribution < 1.29 is 14.3 Å². The van der Waals surface area contributed by atoms with Gasteiger partial charge in [-0.15, -0.1) is 0 Å². The molecular formula is C23H24N4O3. The molecule has 1 aromatic carbocycles. The molecule has 2 aromatic heterocycles. The fraction of sp³-hybridized carbons (Fsp3) is 0.304. The number of carbonyl (C=O) groups is 1. The van der Waals surface area contributed by atoms with E-state index in [0.717, 1.165) is 22.1 Å². The van der Waals surface area contributed by atoms with Gasteiger partial charge in [-0.05, 0) is 31.9 Å². The first-order chi connectivity index (χ1) is 14.2. The van der Waals surface area contributed by atoms with Gasteiger partial charge in [-0.1, -0.05) is 24.3 Å². The van der Waals surface area contributed by atoms with Gasteiger partial charge in [0.2, 0.25) is 5.88 Å². The van der Waals surface area contributed by atoms with Gasteiger partial charge in [0.1, 0.15) is 11.7 Å². The Labute approximate surface area is 175 Å². The van der Waals surface area contributed by atoms with Gasteiger partial charge in [-0.25, -0.2) is 9.78 Å². The van der Waals surface area contributed by atoms with Crippen LogP contribution in [-0.2, 0) is 11.3 Å². The summed E-state index contributed by atoms with van der Waals surface area (Å²) in [5, 5.41) is 10.4. The van der Waals surface area contributed by atoms with E-state index in [4.69, 9.17) is 9.47 Å². The van der Waals surface area contributed by atoms with Crippen LogP contribution in [0, 0.1) is 11.3 Å². The molecule has 0 N–H and O–H groups in total. The summed E-state index contributed by atoms with van der Waals surface area (Å²) in [5.41, 5.74) is 3.20. The van der Waals surface area contributed by atoms with Crippen LogP contribution >= 0.6 is 0 Å². The first-order valence-electron chi connectivity index (χ1n) is 9.48. The van der Waals surface area contributed by atoms with Crippen LogP contribution in [0.25, 0.3) is 22.0 Å². The number of nitrogens with zero attached hydrogens (tertiary/aromatic N) is 4. The largest absolute Gasteiger partial charge is 0.481 e. The Balaban J connectivity index is 1.92. The Hall–Kier alpha value is -3.66. The lowest BCUT2D eigenvalue weighted by Gasteiger charge is -2.24. The molecule has 0 spiro atoms. The predicted octanol–water partition coefficient (Wildman–Crippen LogP) is 4.54. The van der Waals surface area contributed by atoms with Crippen molar-refractivity contribution in [2.45, 2.75) is 32.9 Å². The third-order valence-corrected chi connectivity index (χ3v) is 4.43. The third-order valence-electron chi connectivity index (χ3n) is 4.43. The van der Waals surface area contributed by atoms with E-state index >= 15 is 0 Å². The number of aromatic nitrogens is 2. The number of methoxy groups -OCH3 is 1. The molecule has 0 aliphatic carbocycles. The molecule has 30 heavy (non-hydrogen) atoms. The van der Waals surface area contributed by atoms with Crippen molar-refractivity contribution in [3.8, 4) is 23.1 Å². The van der Waals surface area contributed by atoms with E-state index in [1.54, 1.807) is 32.6 Å². The molecule has 2 heterocycles. The maximum absolute atomic E-state index is 12.2. The van der Waals surface area contributed by atoms with Crippen molar-refractivity contribution in [3.05, 3.63) is 53.9 Å². The fourth-order valence-corrected chi connectivity index (χ4v) is 3.04. The maximum atomic E-state index is 12.2. The number of benzene rings is 1. The Kier molecular flexibility index (Phi) is 5.88. The zero-order valence-corrected chi connectivity index (χ0v) is 17.8. The van der Waals surface area contributed by atoms with Gasteiger partial charge in [-0.3, -0.25) is 4.98 Å². The van der Waals surface area contributed by atoms with E-state index in [-0.39, 0.29) is 6.09 Å². The summed E-state index contributed by atoms with van der Waals surface area (Å²) < 4.78 is 10.6. The van der Waals surface area contributed by atoms with Crippen molar-refractivity contribution in [1.29, 1.82) is 5.26 Å². The molecule has 0 aliphatic heterocycles. The maximum Gasteiger partial charge on any atom is 0.410 e. The van der Waals surface area contributed by atoms with Gasteiger partial charge in [0.15, 0.2) is 0 Å². The predicted molar refractivity (Wildman–Crippen MR) is 114 cm³/mol. The van der Waals surface area contributed by atoms with Crippen molar-refractivity contribution in [1.82, 2.24) is 14.9 Å². The van der Waals surface area contributed by atoms with Crippen molar-refractivity contribution in [3.63, 3.8) is 0 Å². The first kappa shape index (κ1) is 21.1. The Morgan fingerprint density at radius 3 is 2.47 bits per heavy atom. The van der Waals surface area contributed by atoms with Crippen molar-refractivity contribution >= 4 is 17.0 Å². The highest BCUT2D eigenvalue weighted by atomic mass is 16.6. The minimum absolute atomic E-state index is 0.377. The molecule has 0 unspecified atom stereocenters. The molecule has 154 valence electrons. The molecule has 0 aliphatic rings. The van der Waals surface area contributed by atoms with Crippen LogP contribution < -0.4 is 4.74 Å². The van der Waals surface area contributed by atoms with Crippen LogP contribution in [0.15, 0.2) is 42.7 Å². The second kappa shape index (κ2) is 8.37. The number of rotatable bonds is 4. The van der Waals surface area contributed by atoms with Gasteiger partial charge >= 0.3 is 6.09 Å². The molecule has 3 aromatic rings. The van der Waals surface area contributed by atoms with Gasteiger partial charge < -0.3 is 14.4 Å². The first-order valence-corrected chi connectivity index (χ1v) is 9.48. The summed E-state index contributed by atoms with van der Waals surface area (Å²) in [5.74, 6) is 0.455. The molecule has 0 atom stereocenters. The Morgan fingerprint density at radius 1 is 1.17 bits per heavy atom. The van der Waals surface area contributed by atoms with E-state index < -0.39 is 5.60 Å². The third kappa shape index (κ3) is 4.66. The van der Waals surface area contributed by atoms with Gasteiger partial charge in [0, 0.05) is 36.8 Å². The number of nitriles is 1. The molecule has 0 saturated heterocycles. The molecular weight excluding hydrogens is 380 g/mol. The molecule has 0 saturated carbocycles. The highest BCUT2D eigenvalue weighted by Gasteiger charge is 2.20. The fourth-order valence-electron chi connectivity index (χ4n) is 3.04. The van der Waals surface area contributed by atoms with E-state index in [9.17, 15) is 10.1 Å².